The fourth-order valence-electron chi connectivity index (χ4n) is 3.03. The summed E-state index contributed by atoms with van der Waals surface area (Å²) in [4.78, 5) is 0. The minimum Gasteiger partial charge on any atom is -0.467 e. The van der Waals surface area contributed by atoms with E-state index in [2.05, 4.69) is 22.0 Å². The molecule has 0 aliphatic carbocycles. The topological polar surface area (TPSA) is 38.0 Å². The average molecular weight is 347 g/mol. The monoisotopic (exact) mass is 346 g/mol. The van der Waals surface area contributed by atoms with Gasteiger partial charge in [-0.15, -0.1) is 0 Å². The third kappa shape index (κ3) is 1.99. The van der Waals surface area contributed by atoms with Crippen LogP contribution in [0.1, 0.15) is 37.6 Å². The molecule has 0 amide bonds. The number of halogens is 1. The van der Waals surface area contributed by atoms with Gasteiger partial charge in [-0.3, -0.25) is 0 Å². The maximum atomic E-state index is 6.12. The second-order valence-electron chi connectivity index (χ2n) is 5.82. The number of hydrazone groups is 1. The van der Waals surface area contributed by atoms with E-state index in [0.717, 1.165) is 33.7 Å². The fraction of sp³-hybridized carbons (Fsp3) is 0.312. The molecule has 21 heavy (non-hydrogen) atoms. The SMILES string of the molecule is CC1(C)Oc2ccc(Br)cc2[C@@H]2CC(c3ccco3)=NN21. The van der Waals surface area contributed by atoms with E-state index in [0.29, 0.717) is 0 Å². The summed E-state index contributed by atoms with van der Waals surface area (Å²) in [5, 5.41) is 6.79. The zero-order valence-corrected chi connectivity index (χ0v) is 13.4. The second kappa shape index (κ2) is 4.37. The molecule has 5 heteroatoms. The quantitative estimate of drug-likeness (QED) is 0.771. The molecule has 1 aromatic carbocycles. The lowest BCUT2D eigenvalue weighted by atomic mass is 9.97. The fourth-order valence-corrected chi connectivity index (χ4v) is 3.41. The van der Waals surface area contributed by atoms with Crippen LogP contribution < -0.4 is 4.74 Å². The lowest BCUT2D eigenvalue weighted by Crippen LogP contribution is -2.48. The highest BCUT2D eigenvalue weighted by atomic mass is 79.9. The molecule has 2 aromatic rings. The van der Waals surface area contributed by atoms with Crippen LogP contribution in [0.15, 0.2) is 50.6 Å². The van der Waals surface area contributed by atoms with Crippen molar-refractivity contribution in [3.63, 3.8) is 0 Å². The van der Waals surface area contributed by atoms with Gasteiger partial charge in [0.15, 0.2) is 5.72 Å². The normalized spacial score (nSPS) is 22.3. The van der Waals surface area contributed by atoms with Crippen LogP contribution in [0.2, 0.25) is 0 Å². The summed E-state index contributed by atoms with van der Waals surface area (Å²) in [6.07, 6.45) is 2.51. The average Bonchev–Trinajstić information content (AvgIpc) is 3.07. The van der Waals surface area contributed by atoms with Crippen molar-refractivity contribution in [1.29, 1.82) is 0 Å². The summed E-state index contributed by atoms with van der Waals surface area (Å²) in [6.45, 7) is 4.08. The summed E-state index contributed by atoms with van der Waals surface area (Å²) in [7, 11) is 0. The Kier molecular flexibility index (Phi) is 2.70. The molecule has 3 heterocycles. The molecule has 0 saturated heterocycles. The van der Waals surface area contributed by atoms with Crippen molar-refractivity contribution in [3.8, 4) is 5.75 Å². The van der Waals surface area contributed by atoms with Crippen LogP contribution in [0, 0.1) is 0 Å². The van der Waals surface area contributed by atoms with Gasteiger partial charge in [-0.2, -0.15) is 5.10 Å². The number of nitrogens with zero attached hydrogens (tertiary/aromatic N) is 2. The van der Waals surface area contributed by atoms with Gasteiger partial charge in [-0.05, 0) is 44.2 Å². The van der Waals surface area contributed by atoms with Crippen LogP contribution in [0.4, 0.5) is 0 Å². The van der Waals surface area contributed by atoms with Gasteiger partial charge in [0.25, 0.3) is 0 Å². The summed E-state index contributed by atoms with van der Waals surface area (Å²) in [5.41, 5.74) is 1.66. The Balaban J connectivity index is 1.80. The van der Waals surface area contributed by atoms with Crippen molar-refractivity contribution < 1.29 is 9.15 Å². The van der Waals surface area contributed by atoms with Crippen molar-refractivity contribution in [2.45, 2.75) is 32.0 Å². The third-order valence-corrected chi connectivity index (χ3v) is 4.45. The highest BCUT2D eigenvalue weighted by Crippen LogP contribution is 2.47. The first-order chi connectivity index (χ1) is 10.0. The first kappa shape index (κ1) is 13.0. The van der Waals surface area contributed by atoms with Crippen LogP contribution in [0.5, 0.6) is 5.75 Å². The molecule has 4 rings (SSSR count). The molecule has 2 aliphatic rings. The van der Waals surface area contributed by atoms with E-state index in [-0.39, 0.29) is 6.04 Å². The van der Waals surface area contributed by atoms with E-state index in [9.17, 15) is 0 Å². The van der Waals surface area contributed by atoms with E-state index < -0.39 is 5.72 Å². The number of ether oxygens (including phenoxy) is 1. The maximum absolute atomic E-state index is 6.12. The zero-order valence-electron chi connectivity index (χ0n) is 11.8. The Morgan fingerprint density at radius 2 is 2.19 bits per heavy atom. The van der Waals surface area contributed by atoms with E-state index >= 15 is 0 Å². The predicted molar refractivity (Wildman–Crippen MR) is 83.3 cm³/mol. The third-order valence-electron chi connectivity index (χ3n) is 3.96. The van der Waals surface area contributed by atoms with E-state index in [1.54, 1.807) is 6.26 Å². The Hall–Kier alpha value is -1.75. The number of rotatable bonds is 1. The molecular weight excluding hydrogens is 332 g/mol. The van der Waals surface area contributed by atoms with Crippen LogP contribution in [-0.2, 0) is 0 Å². The summed E-state index contributed by atoms with van der Waals surface area (Å²) < 4.78 is 12.7. The molecule has 0 saturated carbocycles. The Morgan fingerprint density at radius 3 is 2.95 bits per heavy atom. The number of hydrogen-bond donors (Lipinski definition) is 0. The minimum absolute atomic E-state index is 0.182. The highest BCUT2D eigenvalue weighted by Gasteiger charge is 2.45. The molecule has 0 bridgehead atoms. The van der Waals surface area contributed by atoms with E-state index in [1.807, 2.05) is 43.1 Å². The molecule has 0 unspecified atom stereocenters. The largest absolute Gasteiger partial charge is 0.467 e. The molecule has 4 nitrogen and oxygen atoms in total. The van der Waals surface area contributed by atoms with E-state index in [4.69, 9.17) is 14.3 Å². The molecule has 1 atom stereocenters. The van der Waals surface area contributed by atoms with Gasteiger partial charge in [0, 0.05) is 16.5 Å². The van der Waals surface area contributed by atoms with Crippen LogP contribution in [0.3, 0.4) is 0 Å². The molecule has 0 fully saturated rings. The Bertz CT molecular complexity index is 722. The number of hydrogen-bond acceptors (Lipinski definition) is 4. The molecule has 1 aromatic heterocycles. The smallest absolute Gasteiger partial charge is 0.192 e. The highest BCUT2D eigenvalue weighted by molar-refractivity contribution is 9.10. The van der Waals surface area contributed by atoms with Crippen molar-refractivity contribution in [2.75, 3.05) is 0 Å². The standard InChI is InChI=1S/C16H15BrN2O2/c1-16(2)19-13(9-12(18-19)15-4-3-7-20-15)11-8-10(17)5-6-14(11)21-16/h3-8,13H,9H2,1-2H3/t13-/m0/s1. The van der Waals surface area contributed by atoms with Crippen molar-refractivity contribution >= 4 is 21.6 Å². The van der Waals surface area contributed by atoms with Gasteiger partial charge >= 0.3 is 0 Å². The zero-order chi connectivity index (χ0) is 14.6. The molecule has 0 radical (unpaired) electrons. The first-order valence-electron chi connectivity index (χ1n) is 6.94. The number of benzene rings is 1. The summed E-state index contributed by atoms with van der Waals surface area (Å²) in [6, 6.07) is 10.2. The second-order valence-corrected chi connectivity index (χ2v) is 6.74. The summed E-state index contributed by atoms with van der Waals surface area (Å²) >= 11 is 3.54. The Morgan fingerprint density at radius 1 is 1.33 bits per heavy atom. The maximum Gasteiger partial charge on any atom is 0.192 e. The number of furan rings is 1. The summed E-state index contributed by atoms with van der Waals surface area (Å²) in [5.74, 6) is 1.76. The molecule has 2 aliphatic heterocycles. The van der Waals surface area contributed by atoms with Crippen molar-refractivity contribution in [3.05, 3.63) is 52.4 Å². The van der Waals surface area contributed by atoms with Gasteiger partial charge in [0.1, 0.15) is 17.2 Å². The minimum atomic E-state index is -0.472. The molecule has 0 spiro atoms. The lowest BCUT2D eigenvalue weighted by Gasteiger charge is -2.43. The van der Waals surface area contributed by atoms with Gasteiger partial charge in [-0.25, -0.2) is 5.01 Å². The van der Waals surface area contributed by atoms with Crippen LogP contribution in [-0.4, -0.2) is 16.4 Å². The number of fused-ring (bicyclic) bond motifs is 3. The van der Waals surface area contributed by atoms with E-state index in [1.165, 1.54) is 0 Å². The lowest BCUT2D eigenvalue weighted by molar-refractivity contribution is -0.0911. The van der Waals surface area contributed by atoms with Crippen molar-refractivity contribution in [1.82, 2.24) is 5.01 Å². The Labute approximate surface area is 131 Å². The van der Waals surface area contributed by atoms with Gasteiger partial charge in [-0.1, -0.05) is 15.9 Å². The molecule has 0 N–H and O–H groups in total. The molecular formula is C16H15BrN2O2. The van der Waals surface area contributed by atoms with Gasteiger partial charge in [0.05, 0.1) is 12.3 Å². The predicted octanol–water partition coefficient (Wildman–Crippen LogP) is 4.32. The van der Waals surface area contributed by atoms with Crippen molar-refractivity contribution in [2.24, 2.45) is 5.10 Å². The van der Waals surface area contributed by atoms with Gasteiger partial charge < -0.3 is 9.15 Å². The van der Waals surface area contributed by atoms with Crippen LogP contribution >= 0.6 is 15.9 Å². The van der Waals surface area contributed by atoms with Gasteiger partial charge in [0.2, 0.25) is 0 Å². The first-order valence-corrected chi connectivity index (χ1v) is 7.73. The van der Waals surface area contributed by atoms with Crippen LogP contribution in [0.25, 0.3) is 0 Å². The molecule has 108 valence electrons.